The third kappa shape index (κ3) is 5.26. The van der Waals surface area contributed by atoms with Crippen LogP contribution in [0.2, 0.25) is 0 Å². The fraction of sp³-hybridized carbons (Fsp3) is 0.125. The van der Waals surface area contributed by atoms with Gasteiger partial charge in [-0.1, -0.05) is 29.8 Å². The van der Waals surface area contributed by atoms with Crippen molar-refractivity contribution >= 4 is 33.4 Å². The number of amides is 1. The summed E-state index contributed by atoms with van der Waals surface area (Å²) in [7, 11) is 0. The van der Waals surface area contributed by atoms with Gasteiger partial charge in [-0.25, -0.2) is 9.78 Å². The first-order valence-electron chi connectivity index (χ1n) is 9.69. The number of rotatable bonds is 7. The van der Waals surface area contributed by atoms with E-state index in [1.54, 1.807) is 18.2 Å². The average molecular weight is 433 g/mol. The summed E-state index contributed by atoms with van der Waals surface area (Å²) in [6.07, 6.45) is 0.159. The van der Waals surface area contributed by atoms with E-state index >= 15 is 0 Å². The quantitative estimate of drug-likeness (QED) is 0.431. The first kappa shape index (κ1) is 20.6. The summed E-state index contributed by atoms with van der Waals surface area (Å²) < 4.78 is 6.85. The zero-order valence-corrected chi connectivity index (χ0v) is 17.6. The number of thiazole rings is 1. The zero-order valence-electron chi connectivity index (χ0n) is 16.8. The number of hydrogen-bond acceptors (Lipinski definition) is 5. The van der Waals surface area contributed by atoms with Crippen molar-refractivity contribution in [3.8, 4) is 11.5 Å². The standard InChI is InChI=1S/C24H20N2O4S/c1-15-5-7-18(8-6-15)30-19-9-10-20-21(12-19)31-23(26-20)13-22(27)25-14-16-3-2-4-17(11-16)24(28)29/h2-12H,13-14H2,1H3,(H,25,27)(H,28,29). The molecular weight excluding hydrogens is 412 g/mol. The van der Waals surface area contributed by atoms with Gasteiger partial charge in [0.1, 0.15) is 16.5 Å². The molecule has 0 aliphatic rings. The smallest absolute Gasteiger partial charge is 0.335 e. The Hall–Kier alpha value is -3.71. The van der Waals surface area contributed by atoms with Crippen LogP contribution < -0.4 is 10.1 Å². The summed E-state index contributed by atoms with van der Waals surface area (Å²) >= 11 is 1.45. The van der Waals surface area contributed by atoms with Gasteiger partial charge >= 0.3 is 5.97 Å². The number of fused-ring (bicyclic) bond motifs is 1. The molecule has 0 spiro atoms. The molecule has 0 atom stereocenters. The molecule has 31 heavy (non-hydrogen) atoms. The van der Waals surface area contributed by atoms with Crippen LogP contribution in [-0.4, -0.2) is 22.0 Å². The first-order chi connectivity index (χ1) is 15.0. The molecule has 0 aliphatic carbocycles. The Balaban J connectivity index is 1.39. The molecule has 1 heterocycles. The largest absolute Gasteiger partial charge is 0.478 e. The van der Waals surface area contributed by atoms with Crippen molar-refractivity contribution in [1.29, 1.82) is 0 Å². The van der Waals surface area contributed by atoms with Gasteiger partial charge in [0.05, 0.1) is 22.2 Å². The minimum atomic E-state index is -0.992. The maximum Gasteiger partial charge on any atom is 0.335 e. The molecule has 0 bridgehead atoms. The van der Waals surface area contributed by atoms with Crippen LogP contribution in [0.4, 0.5) is 0 Å². The monoisotopic (exact) mass is 432 g/mol. The Bertz CT molecular complexity index is 1250. The second-order valence-corrected chi connectivity index (χ2v) is 8.23. The predicted octanol–water partition coefficient (Wildman–Crippen LogP) is 4.95. The van der Waals surface area contributed by atoms with Crippen LogP contribution in [0.15, 0.2) is 66.7 Å². The van der Waals surface area contributed by atoms with E-state index in [0.29, 0.717) is 10.8 Å². The van der Waals surface area contributed by atoms with Gasteiger partial charge in [-0.15, -0.1) is 11.3 Å². The van der Waals surface area contributed by atoms with Crippen molar-refractivity contribution in [1.82, 2.24) is 10.3 Å². The fourth-order valence-electron chi connectivity index (χ4n) is 3.05. The molecule has 4 aromatic rings. The van der Waals surface area contributed by atoms with Crippen LogP contribution in [0.3, 0.4) is 0 Å². The van der Waals surface area contributed by atoms with Crippen molar-refractivity contribution in [3.63, 3.8) is 0 Å². The number of nitrogens with zero attached hydrogens (tertiary/aromatic N) is 1. The maximum atomic E-state index is 12.3. The summed E-state index contributed by atoms with van der Waals surface area (Å²) in [6.45, 7) is 2.29. The number of nitrogens with one attached hydrogen (secondary N) is 1. The number of carboxylic acids is 1. The van der Waals surface area contributed by atoms with Crippen LogP contribution in [-0.2, 0) is 17.8 Å². The van der Waals surface area contributed by atoms with Crippen LogP contribution in [0.1, 0.15) is 26.5 Å². The Morgan fingerprint density at radius 2 is 1.81 bits per heavy atom. The van der Waals surface area contributed by atoms with Gasteiger partial charge in [-0.3, -0.25) is 4.79 Å². The third-order valence-corrected chi connectivity index (χ3v) is 5.65. The Labute approximate surface area is 183 Å². The van der Waals surface area contributed by atoms with E-state index in [1.165, 1.54) is 23.0 Å². The van der Waals surface area contributed by atoms with Crippen LogP contribution in [0.5, 0.6) is 11.5 Å². The summed E-state index contributed by atoms with van der Waals surface area (Å²) in [5.41, 5.74) is 2.91. The number of aromatic nitrogens is 1. The lowest BCUT2D eigenvalue weighted by molar-refractivity contribution is -0.120. The van der Waals surface area contributed by atoms with Crippen LogP contribution >= 0.6 is 11.3 Å². The van der Waals surface area contributed by atoms with E-state index in [9.17, 15) is 9.59 Å². The van der Waals surface area contributed by atoms with Gasteiger partial charge in [0, 0.05) is 12.6 Å². The van der Waals surface area contributed by atoms with Crippen LogP contribution in [0, 0.1) is 6.92 Å². The average Bonchev–Trinajstić information content (AvgIpc) is 3.15. The van der Waals surface area contributed by atoms with E-state index in [2.05, 4.69) is 10.3 Å². The number of hydrogen-bond donors (Lipinski definition) is 2. The van der Waals surface area contributed by atoms with E-state index in [0.717, 1.165) is 21.5 Å². The highest BCUT2D eigenvalue weighted by Gasteiger charge is 2.11. The summed E-state index contributed by atoms with van der Waals surface area (Å²) in [5.74, 6) is 0.319. The van der Waals surface area contributed by atoms with Gasteiger partial charge in [-0.05, 0) is 48.9 Å². The Morgan fingerprint density at radius 1 is 1.03 bits per heavy atom. The number of ether oxygens (including phenoxy) is 1. The molecule has 0 saturated heterocycles. The lowest BCUT2D eigenvalue weighted by Crippen LogP contribution is -2.24. The van der Waals surface area contributed by atoms with Gasteiger partial charge in [0.25, 0.3) is 0 Å². The fourth-order valence-corrected chi connectivity index (χ4v) is 4.04. The van der Waals surface area contributed by atoms with E-state index in [4.69, 9.17) is 9.84 Å². The molecule has 0 unspecified atom stereocenters. The summed E-state index contributed by atoms with van der Waals surface area (Å²) in [6, 6.07) is 20.0. The maximum absolute atomic E-state index is 12.3. The molecule has 0 saturated carbocycles. The van der Waals surface area contributed by atoms with Gasteiger partial charge in [0.2, 0.25) is 5.91 Å². The number of carboxylic acid groups (broad SMARTS) is 1. The highest BCUT2D eigenvalue weighted by Crippen LogP contribution is 2.29. The number of carbonyl (C=O) groups is 2. The SMILES string of the molecule is Cc1ccc(Oc2ccc3nc(CC(=O)NCc4cccc(C(=O)O)c4)sc3c2)cc1. The molecule has 1 aromatic heterocycles. The molecule has 3 aromatic carbocycles. The minimum absolute atomic E-state index is 0.159. The number of carbonyl (C=O) groups excluding carboxylic acids is 1. The van der Waals surface area contributed by atoms with Crippen molar-refractivity contribution < 1.29 is 19.4 Å². The molecule has 6 nitrogen and oxygen atoms in total. The molecule has 4 rings (SSSR count). The molecule has 0 radical (unpaired) electrons. The molecule has 7 heteroatoms. The van der Waals surface area contributed by atoms with Crippen molar-refractivity contribution in [2.75, 3.05) is 0 Å². The summed E-state index contributed by atoms with van der Waals surface area (Å²) in [5, 5.41) is 12.6. The predicted molar refractivity (Wildman–Crippen MR) is 120 cm³/mol. The highest BCUT2D eigenvalue weighted by atomic mass is 32.1. The van der Waals surface area contributed by atoms with E-state index in [1.807, 2.05) is 49.4 Å². The minimum Gasteiger partial charge on any atom is -0.478 e. The van der Waals surface area contributed by atoms with Gasteiger partial charge < -0.3 is 15.2 Å². The van der Waals surface area contributed by atoms with Crippen molar-refractivity contribution in [3.05, 3.63) is 88.4 Å². The molecule has 0 aliphatic heterocycles. The Morgan fingerprint density at radius 3 is 2.58 bits per heavy atom. The normalized spacial score (nSPS) is 10.7. The lowest BCUT2D eigenvalue weighted by atomic mass is 10.1. The van der Waals surface area contributed by atoms with Gasteiger partial charge in [0.15, 0.2) is 0 Å². The Kier molecular flexibility index (Phi) is 5.95. The zero-order chi connectivity index (χ0) is 21.8. The van der Waals surface area contributed by atoms with Crippen molar-refractivity contribution in [2.45, 2.75) is 19.9 Å². The second kappa shape index (κ2) is 8.97. The number of aryl methyl sites for hydroxylation is 1. The molecule has 156 valence electrons. The van der Waals surface area contributed by atoms with Crippen molar-refractivity contribution in [2.24, 2.45) is 0 Å². The molecule has 2 N–H and O–H groups in total. The molecule has 0 fully saturated rings. The van der Waals surface area contributed by atoms with E-state index in [-0.39, 0.29) is 24.4 Å². The van der Waals surface area contributed by atoms with E-state index < -0.39 is 5.97 Å². The second-order valence-electron chi connectivity index (χ2n) is 7.11. The van der Waals surface area contributed by atoms with Gasteiger partial charge in [-0.2, -0.15) is 0 Å². The first-order valence-corrected chi connectivity index (χ1v) is 10.5. The number of aromatic carboxylic acids is 1. The number of benzene rings is 3. The molecule has 1 amide bonds. The lowest BCUT2D eigenvalue weighted by Gasteiger charge is -2.05. The topological polar surface area (TPSA) is 88.5 Å². The summed E-state index contributed by atoms with van der Waals surface area (Å²) in [4.78, 5) is 27.9. The van der Waals surface area contributed by atoms with Crippen LogP contribution in [0.25, 0.3) is 10.2 Å². The molecular formula is C24H20N2O4S. The third-order valence-electron chi connectivity index (χ3n) is 4.64. The highest BCUT2D eigenvalue weighted by molar-refractivity contribution is 7.18.